The third-order valence-electron chi connectivity index (χ3n) is 1.98. The Hall–Kier alpha value is -0.480. The molecule has 0 saturated heterocycles. The zero-order chi connectivity index (χ0) is 8.39. The van der Waals surface area contributed by atoms with Crippen LogP contribution in [0.4, 0.5) is 0 Å². The average Bonchev–Trinajstić information content (AvgIpc) is 2.30. The van der Waals surface area contributed by atoms with Crippen molar-refractivity contribution in [2.45, 2.75) is 12.8 Å². The number of carbonyl (C=O) groups excluding carboxylic acids is 1. The molecule has 1 aliphatic carbocycles. The summed E-state index contributed by atoms with van der Waals surface area (Å²) in [5, 5.41) is 0. The molecule has 76 valence electrons. The molecule has 1 aliphatic heterocycles. The second kappa shape index (κ2) is 6.09. The van der Waals surface area contributed by atoms with Gasteiger partial charge >= 0.3 is 0 Å². The SMILES string of the molecule is Br.Br.O=C1CC=CC2=C1CC=CC=N2. The van der Waals surface area contributed by atoms with E-state index in [1.807, 2.05) is 24.3 Å². The molecule has 0 saturated carbocycles. The van der Waals surface area contributed by atoms with Crippen LogP contribution in [-0.2, 0) is 4.79 Å². The molecule has 0 unspecified atom stereocenters. The van der Waals surface area contributed by atoms with E-state index in [4.69, 9.17) is 0 Å². The van der Waals surface area contributed by atoms with Gasteiger partial charge in [-0.25, -0.2) is 0 Å². The van der Waals surface area contributed by atoms with Gasteiger partial charge in [-0.3, -0.25) is 9.79 Å². The predicted octanol–water partition coefficient (Wildman–Crippen LogP) is 2.96. The van der Waals surface area contributed by atoms with Crippen molar-refractivity contribution < 1.29 is 4.79 Å². The number of hydrogen-bond acceptors (Lipinski definition) is 2. The Labute approximate surface area is 104 Å². The van der Waals surface area contributed by atoms with Crippen LogP contribution in [0, 0.1) is 0 Å². The van der Waals surface area contributed by atoms with Crippen LogP contribution in [-0.4, -0.2) is 12.0 Å². The van der Waals surface area contributed by atoms with Crippen molar-refractivity contribution in [1.82, 2.24) is 0 Å². The number of nitrogens with zero attached hydrogens (tertiary/aromatic N) is 1. The molecule has 0 aromatic carbocycles. The van der Waals surface area contributed by atoms with E-state index in [1.54, 1.807) is 6.21 Å². The minimum absolute atomic E-state index is 0. The van der Waals surface area contributed by atoms with Gasteiger partial charge in [0, 0.05) is 18.2 Å². The molecule has 0 amide bonds. The Morgan fingerprint density at radius 1 is 1.14 bits per heavy atom. The first kappa shape index (κ1) is 13.5. The number of ketones is 1. The van der Waals surface area contributed by atoms with E-state index in [9.17, 15) is 4.79 Å². The minimum Gasteiger partial charge on any atom is -0.294 e. The summed E-state index contributed by atoms with van der Waals surface area (Å²) in [6.45, 7) is 0. The average molecular weight is 321 g/mol. The maximum absolute atomic E-state index is 11.4. The van der Waals surface area contributed by atoms with Crippen molar-refractivity contribution in [1.29, 1.82) is 0 Å². The summed E-state index contributed by atoms with van der Waals surface area (Å²) in [5.74, 6) is 0.205. The van der Waals surface area contributed by atoms with Crippen molar-refractivity contribution in [3.05, 3.63) is 35.6 Å². The molecule has 2 aliphatic rings. The van der Waals surface area contributed by atoms with Gasteiger partial charge in [0.05, 0.1) is 5.70 Å². The smallest absolute Gasteiger partial charge is 0.165 e. The van der Waals surface area contributed by atoms with Crippen molar-refractivity contribution in [2.75, 3.05) is 0 Å². The molecule has 0 spiro atoms. The lowest BCUT2D eigenvalue weighted by Gasteiger charge is -2.08. The van der Waals surface area contributed by atoms with Gasteiger partial charge in [0.15, 0.2) is 5.78 Å². The van der Waals surface area contributed by atoms with Crippen LogP contribution in [0.5, 0.6) is 0 Å². The quantitative estimate of drug-likeness (QED) is 0.674. The molecule has 0 aromatic heterocycles. The van der Waals surface area contributed by atoms with Crippen LogP contribution < -0.4 is 0 Å². The van der Waals surface area contributed by atoms with E-state index in [0.717, 1.165) is 17.7 Å². The van der Waals surface area contributed by atoms with Crippen LogP contribution in [0.2, 0.25) is 0 Å². The standard InChI is InChI=1S/C10H9NO.2BrH/c12-10-6-3-5-9-8(10)4-1-2-7-11-9;;/h1-3,5,7H,4,6H2;2*1H. The van der Waals surface area contributed by atoms with Gasteiger partial charge in [0.1, 0.15) is 0 Å². The molecular formula is C10H11Br2NO. The van der Waals surface area contributed by atoms with Crippen molar-refractivity contribution >= 4 is 46.0 Å². The Bertz CT molecular complexity index is 340. The number of aliphatic imine (C=N–C) groups is 1. The highest BCUT2D eigenvalue weighted by Crippen LogP contribution is 2.21. The Morgan fingerprint density at radius 3 is 2.71 bits per heavy atom. The molecule has 0 N–H and O–H groups in total. The number of rotatable bonds is 0. The number of allylic oxidation sites excluding steroid dienone is 5. The topological polar surface area (TPSA) is 29.4 Å². The normalized spacial score (nSPS) is 18.1. The third-order valence-corrected chi connectivity index (χ3v) is 1.98. The molecule has 0 radical (unpaired) electrons. The summed E-state index contributed by atoms with van der Waals surface area (Å²) in [5.41, 5.74) is 1.68. The molecular weight excluding hydrogens is 310 g/mol. The van der Waals surface area contributed by atoms with Gasteiger partial charge in [-0.15, -0.1) is 34.0 Å². The predicted molar refractivity (Wildman–Crippen MR) is 68.7 cm³/mol. The van der Waals surface area contributed by atoms with Crippen molar-refractivity contribution in [2.24, 2.45) is 4.99 Å². The van der Waals surface area contributed by atoms with Crippen LogP contribution in [0.3, 0.4) is 0 Å². The summed E-state index contributed by atoms with van der Waals surface area (Å²) in [7, 11) is 0. The van der Waals surface area contributed by atoms with Gasteiger partial charge in [-0.2, -0.15) is 0 Å². The van der Waals surface area contributed by atoms with E-state index in [-0.39, 0.29) is 39.7 Å². The summed E-state index contributed by atoms with van der Waals surface area (Å²) < 4.78 is 0. The largest absolute Gasteiger partial charge is 0.294 e. The molecule has 0 aromatic rings. The Morgan fingerprint density at radius 2 is 1.93 bits per heavy atom. The second-order valence-electron chi connectivity index (χ2n) is 2.80. The fourth-order valence-electron chi connectivity index (χ4n) is 1.35. The molecule has 2 rings (SSSR count). The fraction of sp³-hybridized carbons (Fsp3) is 0.200. The molecule has 0 bridgehead atoms. The van der Waals surface area contributed by atoms with Crippen LogP contribution >= 0.6 is 34.0 Å². The molecule has 0 fully saturated rings. The molecule has 1 heterocycles. The zero-order valence-electron chi connectivity index (χ0n) is 7.47. The fourth-order valence-corrected chi connectivity index (χ4v) is 1.35. The minimum atomic E-state index is 0. The number of halogens is 2. The van der Waals surface area contributed by atoms with E-state index < -0.39 is 0 Å². The van der Waals surface area contributed by atoms with Gasteiger partial charge in [-0.05, 0) is 18.6 Å². The number of Topliss-reactive ketones (excluding diaryl/α,β-unsaturated/α-hetero) is 1. The summed E-state index contributed by atoms with van der Waals surface area (Å²) in [6.07, 6.45) is 10.6. The van der Waals surface area contributed by atoms with Gasteiger partial charge in [0.25, 0.3) is 0 Å². The second-order valence-corrected chi connectivity index (χ2v) is 2.80. The maximum atomic E-state index is 11.4. The Kier molecular flexibility index (Phi) is 5.88. The van der Waals surface area contributed by atoms with E-state index in [1.165, 1.54) is 0 Å². The Balaban J connectivity index is 0.000000845. The van der Waals surface area contributed by atoms with Crippen molar-refractivity contribution in [3.63, 3.8) is 0 Å². The number of hydrogen-bond donors (Lipinski definition) is 0. The van der Waals surface area contributed by atoms with Gasteiger partial charge in [-0.1, -0.05) is 12.2 Å². The lowest BCUT2D eigenvalue weighted by molar-refractivity contribution is -0.115. The number of carbonyl (C=O) groups is 1. The molecule has 14 heavy (non-hydrogen) atoms. The molecule has 2 nitrogen and oxygen atoms in total. The third kappa shape index (κ3) is 2.75. The van der Waals surface area contributed by atoms with Gasteiger partial charge < -0.3 is 0 Å². The molecule has 0 atom stereocenters. The summed E-state index contributed by atoms with van der Waals surface area (Å²) >= 11 is 0. The monoisotopic (exact) mass is 319 g/mol. The lowest BCUT2D eigenvalue weighted by atomic mass is 9.98. The van der Waals surface area contributed by atoms with Crippen LogP contribution in [0.15, 0.2) is 40.6 Å². The van der Waals surface area contributed by atoms with E-state index >= 15 is 0 Å². The van der Waals surface area contributed by atoms with Crippen molar-refractivity contribution in [3.8, 4) is 0 Å². The first-order valence-corrected chi connectivity index (χ1v) is 4.00. The van der Waals surface area contributed by atoms with E-state index in [0.29, 0.717) is 6.42 Å². The highest BCUT2D eigenvalue weighted by molar-refractivity contribution is 8.93. The summed E-state index contributed by atoms with van der Waals surface area (Å²) in [6, 6.07) is 0. The highest BCUT2D eigenvalue weighted by atomic mass is 79.9. The summed E-state index contributed by atoms with van der Waals surface area (Å²) in [4.78, 5) is 15.5. The lowest BCUT2D eigenvalue weighted by Crippen LogP contribution is -2.06. The maximum Gasteiger partial charge on any atom is 0.165 e. The first-order valence-electron chi connectivity index (χ1n) is 4.00. The zero-order valence-corrected chi connectivity index (χ0v) is 10.9. The molecule has 4 heteroatoms. The van der Waals surface area contributed by atoms with Crippen LogP contribution in [0.25, 0.3) is 0 Å². The highest BCUT2D eigenvalue weighted by Gasteiger charge is 2.15. The van der Waals surface area contributed by atoms with E-state index in [2.05, 4.69) is 4.99 Å². The first-order chi connectivity index (χ1) is 5.88. The van der Waals surface area contributed by atoms with Gasteiger partial charge in [0.2, 0.25) is 0 Å². The van der Waals surface area contributed by atoms with Crippen LogP contribution in [0.1, 0.15) is 12.8 Å².